The molecule has 0 aliphatic carbocycles. The highest BCUT2D eigenvalue weighted by Crippen LogP contribution is 2.22. The monoisotopic (exact) mass is 539 g/mol. The van der Waals surface area contributed by atoms with Crippen LogP contribution in [0.5, 0.6) is 5.75 Å². The van der Waals surface area contributed by atoms with Gasteiger partial charge in [0.1, 0.15) is 11.6 Å². The molecule has 1 heterocycles. The highest BCUT2D eigenvalue weighted by molar-refractivity contribution is 14.1. The van der Waals surface area contributed by atoms with Crippen molar-refractivity contribution >= 4 is 55.6 Å². The third kappa shape index (κ3) is 4.57. The summed E-state index contributed by atoms with van der Waals surface area (Å²) in [6, 6.07) is 11.3. The first-order valence-electron chi connectivity index (χ1n) is 8.60. The van der Waals surface area contributed by atoms with E-state index >= 15 is 0 Å². The maximum atomic E-state index is 12.9. The molecule has 0 N–H and O–H groups in total. The SMILES string of the molecule is CCc1nc2ccc(Br)cc2c(=O)n1N=Cc1ccc(OC(C)C)c(I)c1. The highest BCUT2D eigenvalue weighted by atomic mass is 127. The fraction of sp³-hybridized carbons (Fsp3) is 0.250. The van der Waals surface area contributed by atoms with E-state index in [1.807, 2.05) is 51.1 Å². The summed E-state index contributed by atoms with van der Waals surface area (Å²) >= 11 is 5.64. The van der Waals surface area contributed by atoms with Crippen LogP contribution in [0.1, 0.15) is 32.2 Å². The van der Waals surface area contributed by atoms with Crippen LogP contribution >= 0.6 is 38.5 Å². The van der Waals surface area contributed by atoms with Crippen molar-refractivity contribution in [1.82, 2.24) is 9.66 Å². The van der Waals surface area contributed by atoms with Gasteiger partial charge in [-0.05, 0) is 78.4 Å². The molecule has 0 fully saturated rings. The second-order valence-electron chi connectivity index (χ2n) is 6.26. The lowest BCUT2D eigenvalue weighted by Gasteiger charge is -2.11. The molecule has 1 aromatic heterocycles. The van der Waals surface area contributed by atoms with Crippen LogP contribution in [0, 0.1) is 3.57 Å². The smallest absolute Gasteiger partial charge is 0.282 e. The van der Waals surface area contributed by atoms with Crippen molar-refractivity contribution in [1.29, 1.82) is 0 Å². The minimum atomic E-state index is -0.177. The van der Waals surface area contributed by atoms with Crippen LogP contribution < -0.4 is 10.3 Å². The van der Waals surface area contributed by atoms with Crippen molar-refractivity contribution in [3.63, 3.8) is 0 Å². The number of halogens is 2. The fourth-order valence-corrected chi connectivity index (χ4v) is 3.64. The molecular formula is C20H19BrIN3O2. The van der Waals surface area contributed by atoms with E-state index < -0.39 is 0 Å². The predicted molar refractivity (Wildman–Crippen MR) is 121 cm³/mol. The highest BCUT2D eigenvalue weighted by Gasteiger charge is 2.10. The molecule has 0 radical (unpaired) electrons. The van der Waals surface area contributed by atoms with Crippen molar-refractivity contribution < 1.29 is 4.74 Å². The third-order valence-electron chi connectivity index (χ3n) is 3.83. The van der Waals surface area contributed by atoms with Gasteiger partial charge in [-0.2, -0.15) is 9.78 Å². The van der Waals surface area contributed by atoms with Gasteiger partial charge in [-0.25, -0.2) is 4.98 Å². The molecule has 3 aromatic rings. The Morgan fingerprint density at radius 3 is 2.74 bits per heavy atom. The lowest BCUT2D eigenvalue weighted by Crippen LogP contribution is -2.22. The normalized spacial score (nSPS) is 11.6. The fourth-order valence-electron chi connectivity index (χ4n) is 2.61. The van der Waals surface area contributed by atoms with Gasteiger partial charge in [-0.1, -0.05) is 22.9 Å². The first kappa shape index (κ1) is 20.0. The van der Waals surface area contributed by atoms with E-state index in [0.29, 0.717) is 23.1 Å². The van der Waals surface area contributed by atoms with Crippen LogP contribution in [-0.2, 0) is 6.42 Å². The number of nitrogens with zero attached hydrogens (tertiary/aromatic N) is 3. The average molecular weight is 540 g/mol. The maximum Gasteiger partial charge on any atom is 0.282 e. The van der Waals surface area contributed by atoms with Gasteiger partial charge in [0.15, 0.2) is 0 Å². The first-order valence-corrected chi connectivity index (χ1v) is 10.5. The van der Waals surface area contributed by atoms with Crippen molar-refractivity contribution in [3.05, 3.63) is 66.2 Å². The van der Waals surface area contributed by atoms with Crippen molar-refractivity contribution in [2.45, 2.75) is 33.3 Å². The van der Waals surface area contributed by atoms with E-state index in [1.165, 1.54) is 4.68 Å². The van der Waals surface area contributed by atoms with Crippen molar-refractivity contribution in [2.75, 3.05) is 0 Å². The van der Waals surface area contributed by atoms with E-state index in [1.54, 1.807) is 12.3 Å². The topological polar surface area (TPSA) is 56.5 Å². The summed E-state index contributed by atoms with van der Waals surface area (Å²) in [5.41, 5.74) is 1.39. The minimum Gasteiger partial charge on any atom is -0.490 e. The number of aromatic nitrogens is 2. The zero-order valence-electron chi connectivity index (χ0n) is 15.2. The number of aryl methyl sites for hydroxylation is 1. The number of rotatable bonds is 5. The van der Waals surface area contributed by atoms with Crippen molar-refractivity contribution in [2.24, 2.45) is 5.10 Å². The Labute approximate surface area is 179 Å². The molecule has 0 aliphatic rings. The molecule has 0 atom stereocenters. The molecule has 0 bridgehead atoms. The van der Waals surface area contributed by atoms with Gasteiger partial charge in [0.05, 0.1) is 26.8 Å². The van der Waals surface area contributed by atoms with Crippen molar-refractivity contribution in [3.8, 4) is 5.75 Å². The summed E-state index contributed by atoms with van der Waals surface area (Å²) in [6.45, 7) is 5.95. The molecule has 7 heteroatoms. The molecule has 0 saturated heterocycles. The van der Waals surface area contributed by atoms with Gasteiger partial charge in [0.25, 0.3) is 5.56 Å². The largest absolute Gasteiger partial charge is 0.490 e. The zero-order valence-corrected chi connectivity index (χ0v) is 19.0. The molecule has 5 nitrogen and oxygen atoms in total. The summed E-state index contributed by atoms with van der Waals surface area (Å²) in [4.78, 5) is 17.5. The summed E-state index contributed by atoms with van der Waals surface area (Å²) < 4.78 is 8.96. The zero-order chi connectivity index (χ0) is 19.6. The van der Waals surface area contributed by atoms with Gasteiger partial charge >= 0.3 is 0 Å². The number of fused-ring (bicyclic) bond motifs is 1. The Hall–Kier alpha value is -1.74. The summed E-state index contributed by atoms with van der Waals surface area (Å²) in [5, 5.41) is 4.95. The maximum absolute atomic E-state index is 12.9. The summed E-state index contributed by atoms with van der Waals surface area (Å²) in [5.74, 6) is 1.46. The molecule has 0 aliphatic heterocycles. The molecule has 3 rings (SSSR count). The second-order valence-corrected chi connectivity index (χ2v) is 8.34. The molecule has 0 unspecified atom stereocenters. The quantitative estimate of drug-likeness (QED) is 0.339. The summed E-state index contributed by atoms with van der Waals surface area (Å²) in [6.07, 6.45) is 2.40. The number of hydrogen-bond acceptors (Lipinski definition) is 4. The minimum absolute atomic E-state index is 0.117. The van der Waals surface area contributed by atoms with E-state index in [-0.39, 0.29) is 11.7 Å². The van der Waals surface area contributed by atoms with Crippen LogP contribution in [0.3, 0.4) is 0 Å². The Balaban J connectivity index is 2.02. The van der Waals surface area contributed by atoms with Crippen LogP contribution in [0.15, 0.2) is 50.8 Å². The van der Waals surface area contributed by atoms with Gasteiger partial charge in [0, 0.05) is 10.9 Å². The number of ether oxygens (including phenoxy) is 1. The molecular weight excluding hydrogens is 521 g/mol. The van der Waals surface area contributed by atoms with Gasteiger partial charge in [0.2, 0.25) is 0 Å². The Morgan fingerprint density at radius 1 is 1.30 bits per heavy atom. The predicted octanol–water partition coefficient (Wildman–Crippen LogP) is 5.00. The third-order valence-corrected chi connectivity index (χ3v) is 5.17. The standard InChI is InChI=1S/C20H19BrIN3O2/c1-4-19-24-17-7-6-14(21)10-15(17)20(26)25(19)23-11-13-5-8-18(16(22)9-13)27-12(2)3/h5-12H,4H2,1-3H3. The van der Waals surface area contributed by atoms with Gasteiger partial charge < -0.3 is 4.74 Å². The molecule has 2 aromatic carbocycles. The summed E-state index contributed by atoms with van der Waals surface area (Å²) in [7, 11) is 0. The average Bonchev–Trinajstić information content (AvgIpc) is 2.63. The molecule has 27 heavy (non-hydrogen) atoms. The van der Waals surface area contributed by atoms with Gasteiger partial charge in [-0.15, -0.1) is 0 Å². The first-order chi connectivity index (χ1) is 12.9. The van der Waals surface area contributed by atoms with E-state index in [2.05, 4.69) is 48.6 Å². The Kier molecular flexibility index (Phi) is 6.31. The Morgan fingerprint density at radius 2 is 2.07 bits per heavy atom. The van der Waals surface area contributed by atoms with Crippen LogP contribution in [0.25, 0.3) is 10.9 Å². The second kappa shape index (κ2) is 8.52. The molecule has 0 saturated carbocycles. The molecule has 0 spiro atoms. The van der Waals surface area contributed by atoms with Crippen LogP contribution in [0.2, 0.25) is 0 Å². The number of hydrogen-bond donors (Lipinski definition) is 0. The number of benzene rings is 2. The lowest BCUT2D eigenvalue weighted by atomic mass is 10.2. The van der Waals surface area contributed by atoms with E-state index in [9.17, 15) is 4.79 Å². The lowest BCUT2D eigenvalue weighted by molar-refractivity contribution is 0.240. The van der Waals surface area contributed by atoms with Gasteiger partial charge in [-0.3, -0.25) is 4.79 Å². The van der Waals surface area contributed by atoms with E-state index in [0.717, 1.165) is 19.4 Å². The van der Waals surface area contributed by atoms with Crippen LogP contribution in [0.4, 0.5) is 0 Å². The molecule has 140 valence electrons. The van der Waals surface area contributed by atoms with E-state index in [4.69, 9.17) is 4.74 Å². The Bertz CT molecular complexity index is 1080. The van der Waals surface area contributed by atoms with Crippen LogP contribution in [-0.4, -0.2) is 22.0 Å². The molecule has 0 amide bonds.